The molecule has 2 atom stereocenters. The molecule has 1 heterocycles. The van der Waals surface area contributed by atoms with E-state index in [4.69, 9.17) is 14.6 Å². The van der Waals surface area contributed by atoms with Crippen LogP contribution in [-0.2, 0) is 16.1 Å². The molecular formula is C11H13BrO3. The first-order valence-corrected chi connectivity index (χ1v) is 5.58. The van der Waals surface area contributed by atoms with Crippen LogP contribution in [0.5, 0.6) is 0 Å². The summed E-state index contributed by atoms with van der Waals surface area (Å²) in [6, 6.07) is 7.92. The molecule has 0 saturated carbocycles. The molecule has 0 bridgehead atoms. The van der Waals surface area contributed by atoms with Crippen molar-refractivity contribution < 1.29 is 14.6 Å². The second-order valence-electron chi connectivity index (χ2n) is 3.86. The van der Waals surface area contributed by atoms with E-state index in [9.17, 15) is 0 Å². The molecule has 0 amide bonds. The standard InChI is InChI=1S/C11H13BrO3/c1-11(7-13)10(15-11)14-6-8-2-4-9(12)5-3-8/h2-5,10,13H,6-7H2,1H3. The van der Waals surface area contributed by atoms with Gasteiger partial charge in [-0.3, -0.25) is 0 Å². The highest BCUT2D eigenvalue weighted by molar-refractivity contribution is 9.10. The monoisotopic (exact) mass is 272 g/mol. The zero-order chi connectivity index (χ0) is 10.9. The van der Waals surface area contributed by atoms with Gasteiger partial charge in [-0.15, -0.1) is 0 Å². The Morgan fingerprint density at radius 2 is 2.13 bits per heavy atom. The largest absolute Gasteiger partial charge is 0.393 e. The molecule has 2 unspecified atom stereocenters. The molecule has 0 spiro atoms. The normalized spacial score (nSPS) is 29.1. The van der Waals surface area contributed by atoms with Crippen LogP contribution in [0.1, 0.15) is 12.5 Å². The summed E-state index contributed by atoms with van der Waals surface area (Å²) in [5, 5.41) is 8.96. The molecule has 1 saturated heterocycles. The smallest absolute Gasteiger partial charge is 0.190 e. The van der Waals surface area contributed by atoms with Crippen LogP contribution in [-0.4, -0.2) is 23.6 Å². The highest BCUT2D eigenvalue weighted by Crippen LogP contribution is 2.36. The lowest BCUT2D eigenvalue weighted by Gasteiger charge is -2.03. The SMILES string of the molecule is CC1(CO)OC1OCc1ccc(Br)cc1. The molecular weight excluding hydrogens is 260 g/mol. The summed E-state index contributed by atoms with van der Waals surface area (Å²) in [6.45, 7) is 2.34. The minimum Gasteiger partial charge on any atom is -0.393 e. The van der Waals surface area contributed by atoms with E-state index in [-0.39, 0.29) is 12.9 Å². The third kappa shape index (κ3) is 2.58. The Bertz CT molecular complexity index is 338. The lowest BCUT2D eigenvalue weighted by molar-refractivity contribution is 0.0382. The summed E-state index contributed by atoms with van der Waals surface area (Å²) in [5.41, 5.74) is 0.601. The van der Waals surface area contributed by atoms with Crippen LogP contribution >= 0.6 is 15.9 Å². The average molecular weight is 273 g/mol. The first-order chi connectivity index (χ1) is 7.14. The van der Waals surface area contributed by atoms with Crippen molar-refractivity contribution in [3.63, 3.8) is 0 Å². The van der Waals surface area contributed by atoms with Crippen molar-refractivity contribution >= 4 is 15.9 Å². The van der Waals surface area contributed by atoms with Gasteiger partial charge in [0.05, 0.1) is 13.2 Å². The molecule has 1 aliphatic rings. The molecule has 1 N–H and O–H groups in total. The zero-order valence-corrected chi connectivity index (χ0v) is 10.0. The molecule has 82 valence electrons. The fraction of sp³-hybridized carbons (Fsp3) is 0.455. The Kier molecular flexibility index (Phi) is 3.11. The molecule has 15 heavy (non-hydrogen) atoms. The second-order valence-corrected chi connectivity index (χ2v) is 4.77. The van der Waals surface area contributed by atoms with Gasteiger partial charge in [-0.25, -0.2) is 0 Å². The number of halogens is 1. The first-order valence-electron chi connectivity index (χ1n) is 4.79. The number of benzene rings is 1. The number of aliphatic hydroxyl groups is 1. The number of ether oxygens (including phenoxy) is 2. The summed E-state index contributed by atoms with van der Waals surface area (Å²) >= 11 is 3.37. The van der Waals surface area contributed by atoms with Gasteiger partial charge in [-0.2, -0.15) is 0 Å². The van der Waals surface area contributed by atoms with Gasteiger partial charge in [-0.05, 0) is 24.6 Å². The van der Waals surface area contributed by atoms with Crippen LogP contribution in [0.4, 0.5) is 0 Å². The Morgan fingerprint density at radius 1 is 1.47 bits per heavy atom. The van der Waals surface area contributed by atoms with E-state index in [2.05, 4.69) is 15.9 Å². The maximum atomic E-state index is 8.96. The van der Waals surface area contributed by atoms with E-state index in [1.807, 2.05) is 31.2 Å². The Hall–Kier alpha value is -0.420. The van der Waals surface area contributed by atoms with Crippen molar-refractivity contribution in [3.8, 4) is 0 Å². The molecule has 2 rings (SSSR count). The first kappa shape index (κ1) is 11.1. The molecule has 1 aromatic rings. The molecule has 3 nitrogen and oxygen atoms in total. The van der Waals surface area contributed by atoms with Gasteiger partial charge in [-0.1, -0.05) is 28.1 Å². The van der Waals surface area contributed by atoms with Crippen molar-refractivity contribution in [1.82, 2.24) is 0 Å². The van der Waals surface area contributed by atoms with Crippen LogP contribution < -0.4 is 0 Å². The van der Waals surface area contributed by atoms with E-state index in [1.165, 1.54) is 0 Å². The number of epoxide rings is 1. The van der Waals surface area contributed by atoms with E-state index in [1.54, 1.807) is 0 Å². The lowest BCUT2D eigenvalue weighted by atomic mass is 10.2. The molecule has 4 heteroatoms. The molecule has 1 aliphatic heterocycles. The van der Waals surface area contributed by atoms with Gasteiger partial charge >= 0.3 is 0 Å². The fourth-order valence-electron chi connectivity index (χ4n) is 1.29. The van der Waals surface area contributed by atoms with Crippen molar-refractivity contribution in [2.45, 2.75) is 25.4 Å². The van der Waals surface area contributed by atoms with Crippen molar-refractivity contribution in [1.29, 1.82) is 0 Å². The zero-order valence-electron chi connectivity index (χ0n) is 8.44. The van der Waals surface area contributed by atoms with Crippen LogP contribution in [0.2, 0.25) is 0 Å². The topological polar surface area (TPSA) is 42.0 Å². The van der Waals surface area contributed by atoms with Crippen molar-refractivity contribution in [2.24, 2.45) is 0 Å². The molecule has 1 aromatic carbocycles. The summed E-state index contributed by atoms with van der Waals surface area (Å²) in [6.07, 6.45) is -0.272. The van der Waals surface area contributed by atoms with Gasteiger partial charge in [0.1, 0.15) is 5.60 Å². The molecule has 1 fully saturated rings. The van der Waals surface area contributed by atoms with E-state index >= 15 is 0 Å². The summed E-state index contributed by atoms with van der Waals surface area (Å²) < 4.78 is 11.8. The number of hydrogen-bond acceptors (Lipinski definition) is 3. The second kappa shape index (κ2) is 4.22. The third-order valence-corrected chi connectivity index (χ3v) is 2.97. The Morgan fingerprint density at radius 3 is 2.67 bits per heavy atom. The Labute approximate surface area is 97.1 Å². The van der Waals surface area contributed by atoms with Crippen LogP contribution in [0.25, 0.3) is 0 Å². The summed E-state index contributed by atoms with van der Waals surface area (Å²) in [7, 11) is 0. The summed E-state index contributed by atoms with van der Waals surface area (Å²) in [4.78, 5) is 0. The van der Waals surface area contributed by atoms with Crippen molar-refractivity contribution in [2.75, 3.05) is 6.61 Å². The van der Waals surface area contributed by atoms with Gasteiger partial charge < -0.3 is 14.6 Å². The number of aliphatic hydroxyl groups excluding tert-OH is 1. The third-order valence-electron chi connectivity index (χ3n) is 2.45. The maximum Gasteiger partial charge on any atom is 0.190 e. The van der Waals surface area contributed by atoms with Gasteiger partial charge in [0.2, 0.25) is 0 Å². The van der Waals surface area contributed by atoms with Gasteiger partial charge in [0, 0.05) is 4.47 Å². The van der Waals surface area contributed by atoms with E-state index in [0.29, 0.717) is 6.61 Å². The Balaban J connectivity index is 1.82. The van der Waals surface area contributed by atoms with E-state index < -0.39 is 5.60 Å². The highest BCUT2D eigenvalue weighted by Gasteiger charge is 2.53. The van der Waals surface area contributed by atoms with Gasteiger partial charge in [0.25, 0.3) is 0 Å². The highest BCUT2D eigenvalue weighted by atomic mass is 79.9. The van der Waals surface area contributed by atoms with Crippen LogP contribution in [0.3, 0.4) is 0 Å². The van der Waals surface area contributed by atoms with Gasteiger partial charge in [0.15, 0.2) is 6.29 Å². The van der Waals surface area contributed by atoms with Crippen molar-refractivity contribution in [3.05, 3.63) is 34.3 Å². The minimum absolute atomic E-state index is 0.00198. The maximum absolute atomic E-state index is 8.96. The fourth-order valence-corrected chi connectivity index (χ4v) is 1.55. The minimum atomic E-state index is -0.491. The van der Waals surface area contributed by atoms with E-state index in [0.717, 1.165) is 10.0 Å². The molecule has 0 radical (unpaired) electrons. The molecule has 0 aromatic heterocycles. The predicted octanol–water partition coefficient (Wildman–Crippen LogP) is 2.07. The van der Waals surface area contributed by atoms with Crippen LogP contribution in [0.15, 0.2) is 28.7 Å². The quantitative estimate of drug-likeness (QED) is 0.854. The lowest BCUT2D eigenvalue weighted by Crippen LogP contribution is -2.16. The number of hydrogen-bond donors (Lipinski definition) is 1. The molecule has 0 aliphatic carbocycles. The summed E-state index contributed by atoms with van der Waals surface area (Å²) in [5.74, 6) is 0. The van der Waals surface area contributed by atoms with Crippen LogP contribution in [0, 0.1) is 0 Å². The predicted molar refractivity (Wildman–Crippen MR) is 59.3 cm³/mol. The number of rotatable bonds is 4. The average Bonchev–Trinajstić information content (AvgIpc) is 2.90.